The lowest BCUT2D eigenvalue weighted by atomic mass is 10.1. The molecular formula is C18H20N2O4S. The van der Waals surface area contributed by atoms with Crippen molar-refractivity contribution in [2.24, 2.45) is 5.92 Å². The summed E-state index contributed by atoms with van der Waals surface area (Å²) >= 11 is 1.08. The fraction of sp³-hybridized carbons (Fsp3) is 0.389. The molecule has 25 heavy (non-hydrogen) atoms. The molecule has 1 aromatic carbocycles. The highest BCUT2D eigenvalue weighted by molar-refractivity contribution is 7.13. The number of aryl methyl sites for hydroxylation is 1. The van der Waals surface area contributed by atoms with Crippen LogP contribution in [-0.2, 0) is 0 Å². The monoisotopic (exact) mass is 360 g/mol. The molecule has 1 aromatic heterocycles. The van der Waals surface area contributed by atoms with Gasteiger partial charge in [-0.2, -0.15) is 0 Å². The van der Waals surface area contributed by atoms with E-state index in [-0.39, 0.29) is 16.8 Å². The molecule has 6 nitrogen and oxygen atoms in total. The van der Waals surface area contributed by atoms with Crippen molar-refractivity contribution < 1.29 is 19.4 Å². The Labute approximate surface area is 149 Å². The number of carbonyl (C=O) groups excluding carboxylic acids is 1. The second-order valence-corrected chi connectivity index (χ2v) is 7.25. The largest absolute Gasteiger partial charge is 0.492 e. The maximum atomic E-state index is 12.6. The van der Waals surface area contributed by atoms with Crippen LogP contribution in [0.5, 0.6) is 5.75 Å². The van der Waals surface area contributed by atoms with Crippen LogP contribution in [0.1, 0.15) is 56.5 Å². The number of benzene rings is 1. The first kappa shape index (κ1) is 17.4. The van der Waals surface area contributed by atoms with Gasteiger partial charge in [-0.1, -0.05) is 12.1 Å². The molecule has 0 bridgehead atoms. The third kappa shape index (κ3) is 4.17. The van der Waals surface area contributed by atoms with Crippen molar-refractivity contribution in [2.45, 2.75) is 32.7 Å². The number of carboxylic acids is 1. The van der Waals surface area contributed by atoms with Gasteiger partial charge in [-0.15, -0.1) is 11.3 Å². The van der Waals surface area contributed by atoms with Crippen LogP contribution < -0.4 is 10.1 Å². The number of carbonyl (C=O) groups is 2. The molecule has 1 atom stereocenters. The van der Waals surface area contributed by atoms with E-state index in [2.05, 4.69) is 10.3 Å². The maximum Gasteiger partial charge on any atom is 0.347 e. The summed E-state index contributed by atoms with van der Waals surface area (Å²) in [6, 6.07) is 6.75. The van der Waals surface area contributed by atoms with Gasteiger partial charge in [0.15, 0.2) is 0 Å². The number of thiazole rings is 1. The van der Waals surface area contributed by atoms with Crippen LogP contribution in [0.2, 0.25) is 0 Å². The standard InChI is InChI=1S/C18H20N2O4S/c1-10-15(18(22)23)25-17(20-10)11(2)19-16(21)13-5-3-4-6-14(13)24-9-12-7-8-12/h3-6,11-12H,7-9H2,1-2H3,(H,19,21)(H,22,23). The van der Waals surface area contributed by atoms with Gasteiger partial charge >= 0.3 is 5.97 Å². The summed E-state index contributed by atoms with van der Waals surface area (Å²) < 4.78 is 5.77. The van der Waals surface area contributed by atoms with E-state index in [9.17, 15) is 9.59 Å². The highest BCUT2D eigenvalue weighted by Crippen LogP contribution is 2.30. The van der Waals surface area contributed by atoms with Gasteiger partial charge in [-0.05, 0) is 44.7 Å². The highest BCUT2D eigenvalue weighted by Gasteiger charge is 2.24. The molecule has 1 aliphatic rings. The molecule has 1 unspecified atom stereocenters. The smallest absolute Gasteiger partial charge is 0.347 e. The van der Waals surface area contributed by atoms with Crippen molar-refractivity contribution in [2.75, 3.05) is 6.61 Å². The van der Waals surface area contributed by atoms with Crippen LogP contribution in [-0.4, -0.2) is 28.6 Å². The zero-order valence-corrected chi connectivity index (χ0v) is 14.9. The van der Waals surface area contributed by atoms with Crippen LogP contribution in [0.4, 0.5) is 0 Å². The first-order valence-corrected chi connectivity index (χ1v) is 9.00. The van der Waals surface area contributed by atoms with E-state index in [1.807, 2.05) is 6.07 Å². The molecule has 3 rings (SSSR count). The number of amides is 1. The van der Waals surface area contributed by atoms with E-state index >= 15 is 0 Å². The Morgan fingerprint density at radius 3 is 2.76 bits per heavy atom. The molecule has 1 aliphatic carbocycles. The van der Waals surface area contributed by atoms with Crippen molar-refractivity contribution in [3.63, 3.8) is 0 Å². The fourth-order valence-corrected chi connectivity index (χ4v) is 3.32. The van der Waals surface area contributed by atoms with Crippen molar-refractivity contribution in [3.8, 4) is 5.75 Å². The number of hydrogen-bond acceptors (Lipinski definition) is 5. The summed E-state index contributed by atoms with van der Waals surface area (Å²) in [6.07, 6.45) is 2.36. The molecule has 0 radical (unpaired) electrons. The number of aromatic carboxylic acids is 1. The molecule has 132 valence electrons. The van der Waals surface area contributed by atoms with Crippen molar-refractivity contribution in [3.05, 3.63) is 45.4 Å². The number of carboxylic acid groups (broad SMARTS) is 1. The zero-order valence-electron chi connectivity index (χ0n) is 14.1. The number of para-hydroxylation sites is 1. The molecule has 0 aliphatic heterocycles. The predicted octanol–water partition coefficient (Wildman–Crippen LogP) is 3.43. The van der Waals surface area contributed by atoms with Crippen LogP contribution >= 0.6 is 11.3 Å². The third-order valence-corrected chi connectivity index (χ3v) is 5.36. The van der Waals surface area contributed by atoms with Gasteiger partial charge < -0.3 is 15.2 Å². The van der Waals surface area contributed by atoms with E-state index in [1.165, 1.54) is 12.8 Å². The Balaban J connectivity index is 1.71. The summed E-state index contributed by atoms with van der Waals surface area (Å²) in [4.78, 5) is 28.2. The Bertz CT molecular complexity index is 798. The lowest BCUT2D eigenvalue weighted by molar-refractivity contribution is 0.0700. The second kappa shape index (κ2) is 7.23. The van der Waals surface area contributed by atoms with Gasteiger partial charge in [0.1, 0.15) is 15.6 Å². The molecule has 2 N–H and O–H groups in total. The number of nitrogens with zero attached hydrogens (tertiary/aromatic N) is 1. The van der Waals surface area contributed by atoms with Crippen molar-refractivity contribution in [1.82, 2.24) is 10.3 Å². The second-order valence-electron chi connectivity index (χ2n) is 6.22. The minimum absolute atomic E-state index is 0.198. The Kier molecular flexibility index (Phi) is 5.03. The van der Waals surface area contributed by atoms with E-state index in [4.69, 9.17) is 9.84 Å². The molecular weight excluding hydrogens is 340 g/mol. The van der Waals surface area contributed by atoms with E-state index in [0.717, 1.165) is 11.3 Å². The SMILES string of the molecule is Cc1nc(C(C)NC(=O)c2ccccc2OCC2CC2)sc1C(=O)O. The van der Waals surface area contributed by atoms with Gasteiger partial charge in [-0.3, -0.25) is 4.79 Å². The van der Waals surface area contributed by atoms with Crippen molar-refractivity contribution >= 4 is 23.2 Å². The summed E-state index contributed by atoms with van der Waals surface area (Å²) in [5, 5.41) is 12.6. The van der Waals surface area contributed by atoms with E-state index in [1.54, 1.807) is 32.0 Å². The average molecular weight is 360 g/mol. The van der Waals surface area contributed by atoms with E-state index in [0.29, 0.717) is 34.5 Å². The van der Waals surface area contributed by atoms with Gasteiger partial charge in [-0.25, -0.2) is 9.78 Å². The lowest BCUT2D eigenvalue weighted by Gasteiger charge is -2.14. The van der Waals surface area contributed by atoms with Crippen molar-refractivity contribution in [1.29, 1.82) is 0 Å². The average Bonchev–Trinajstić information content (AvgIpc) is 3.33. The Hall–Kier alpha value is -2.41. The summed E-state index contributed by atoms with van der Waals surface area (Å²) in [5.41, 5.74) is 0.934. The Morgan fingerprint density at radius 1 is 1.40 bits per heavy atom. The maximum absolute atomic E-state index is 12.6. The number of ether oxygens (including phenoxy) is 1. The predicted molar refractivity (Wildman–Crippen MR) is 94.4 cm³/mol. The first-order chi connectivity index (χ1) is 12.0. The van der Waals surface area contributed by atoms with Crippen LogP contribution in [0, 0.1) is 12.8 Å². The van der Waals surface area contributed by atoms with Crippen LogP contribution in [0.15, 0.2) is 24.3 Å². The molecule has 0 saturated heterocycles. The lowest BCUT2D eigenvalue weighted by Crippen LogP contribution is -2.27. The Morgan fingerprint density at radius 2 is 2.12 bits per heavy atom. The normalized spacial score (nSPS) is 14.8. The van der Waals surface area contributed by atoms with E-state index < -0.39 is 5.97 Å². The van der Waals surface area contributed by atoms with Crippen LogP contribution in [0.3, 0.4) is 0 Å². The molecule has 1 amide bonds. The molecule has 7 heteroatoms. The molecule has 0 spiro atoms. The van der Waals surface area contributed by atoms with Crippen LogP contribution in [0.25, 0.3) is 0 Å². The number of nitrogens with one attached hydrogen (secondary N) is 1. The topological polar surface area (TPSA) is 88.5 Å². The minimum atomic E-state index is -1.00. The molecule has 1 saturated carbocycles. The number of hydrogen-bond donors (Lipinski definition) is 2. The van der Waals surface area contributed by atoms with Gasteiger partial charge in [0.05, 0.1) is 23.9 Å². The molecule has 1 fully saturated rings. The minimum Gasteiger partial charge on any atom is -0.492 e. The quantitative estimate of drug-likeness (QED) is 0.790. The number of aromatic nitrogens is 1. The summed E-state index contributed by atoms with van der Waals surface area (Å²) in [7, 11) is 0. The number of rotatable bonds is 7. The summed E-state index contributed by atoms with van der Waals surface area (Å²) in [5.74, 6) is -0.0920. The first-order valence-electron chi connectivity index (χ1n) is 8.19. The van der Waals surface area contributed by atoms with Gasteiger partial charge in [0.2, 0.25) is 0 Å². The van der Waals surface area contributed by atoms with Gasteiger partial charge in [0, 0.05) is 0 Å². The highest BCUT2D eigenvalue weighted by atomic mass is 32.1. The van der Waals surface area contributed by atoms with Gasteiger partial charge in [0.25, 0.3) is 5.91 Å². The summed E-state index contributed by atoms with van der Waals surface area (Å²) in [6.45, 7) is 4.07. The third-order valence-electron chi connectivity index (χ3n) is 4.03. The fourth-order valence-electron chi connectivity index (χ4n) is 2.41. The molecule has 2 aromatic rings. The molecule has 1 heterocycles. The zero-order chi connectivity index (χ0) is 18.0.